The summed E-state index contributed by atoms with van der Waals surface area (Å²) in [6.45, 7) is 6.34. The van der Waals surface area contributed by atoms with Gasteiger partial charge in [-0.3, -0.25) is 0 Å². The van der Waals surface area contributed by atoms with E-state index in [0.717, 1.165) is 29.7 Å². The van der Waals surface area contributed by atoms with Gasteiger partial charge in [0, 0.05) is 6.08 Å². The Bertz CT molecular complexity index is 567. The number of carbonyl (C=O) groups is 1. The molecule has 3 nitrogen and oxygen atoms in total. The number of ether oxygens (including phenoxy) is 1. The molecule has 112 valence electrons. The molecule has 3 heteroatoms. The van der Waals surface area contributed by atoms with Gasteiger partial charge in [-0.05, 0) is 48.5 Å². The van der Waals surface area contributed by atoms with Crippen molar-refractivity contribution in [2.45, 2.75) is 39.7 Å². The molecule has 1 N–H and O–H groups in total. The van der Waals surface area contributed by atoms with Crippen LogP contribution in [0, 0.1) is 5.41 Å². The average Bonchev–Trinajstić information content (AvgIpc) is 2.42. The Morgan fingerprint density at radius 3 is 2.62 bits per heavy atom. The maximum absolute atomic E-state index is 10.8. The smallest absolute Gasteiger partial charge is 0.328 e. The highest BCUT2D eigenvalue weighted by atomic mass is 16.5. The second-order valence-corrected chi connectivity index (χ2v) is 6.11. The van der Waals surface area contributed by atoms with Gasteiger partial charge in [-0.15, -0.1) is 0 Å². The second-order valence-electron chi connectivity index (χ2n) is 6.11. The van der Waals surface area contributed by atoms with Gasteiger partial charge in [-0.1, -0.05) is 38.1 Å². The predicted molar refractivity (Wildman–Crippen MR) is 83.3 cm³/mol. The summed E-state index contributed by atoms with van der Waals surface area (Å²) in [5, 5.41) is 8.86. The number of carboxylic acid groups (broad SMARTS) is 1. The third kappa shape index (κ3) is 3.75. The lowest BCUT2D eigenvalue weighted by molar-refractivity contribution is -0.131. The maximum Gasteiger partial charge on any atom is 0.328 e. The monoisotopic (exact) mass is 286 g/mol. The molecular weight excluding hydrogens is 264 g/mol. The summed E-state index contributed by atoms with van der Waals surface area (Å²) in [4.78, 5) is 10.8. The molecule has 0 saturated heterocycles. The normalized spacial score (nSPS) is 21.6. The van der Waals surface area contributed by atoms with Crippen molar-refractivity contribution < 1.29 is 14.6 Å². The summed E-state index contributed by atoms with van der Waals surface area (Å²) < 4.78 is 6.06. The molecular formula is C18H22O3. The molecule has 0 heterocycles. The van der Waals surface area contributed by atoms with E-state index in [4.69, 9.17) is 9.84 Å². The van der Waals surface area contributed by atoms with Crippen molar-refractivity contribution in [3.63, 3.8) is 0 Å². The van der Waals surface area contributed by atoms with Crippen LogP contribution >= 0.6 is 0 Å². The van der Waals surface area contributed by atoms with Crippen molar-refractivity contribution >= 4 is 5.97 Å². The molecule has 0 spiro atoms. The summed E-state index contributed by atoms with van der Waals surface area (Å²) in [6, 6.07) is 9.75. The Morgan fingerprint density at radius 1 is 1.33 bits per heavy atom. The number of aliphatic carboxylic acids is 1. The third-order valence-electron chi connectivity index (χ3n) is 4.08. The van der Waals surface area contributed by atoms with Gasteiger partial charge < -0.3 is 9.84 Å². The fourth-order valence-corrected chi connectivity index (χ4v) is 2.87. The first-order valence-corrected chi connectivity index (χ1v) is 7.24. The molecule has 1 unspecified atom stereocenters. The van der Waals surface area contributed by atoms with Crippen molar-refractivity contribution in [2.75, 3.05) is 0 Å². The minimum absolute atomic E-state index is 0.00821. The minimum atomic E-state index is -0.919. The van der Waals surface area contributed by atoms with Crippen LogP contribution in [0.15, 0.2) is 53.6 Å². The molecule has 1 aliphatic rings. The van der Waals surface area contributed by atoms with Crippen LogP contribution in [-0.2, 0) is 4.79 Å². The van der Waals surface area contributed by atoms with Crippen LogP contribution in [0.25, 0.3) is 0 Å². The quantitative estimate of drug-likeness (QED) is 0.843. The zero-order valence-electron chi connectivity index (χ0n) is 12.8. The highest BCUT2D eigenvalue weighted by molar-refractivity contribution is 5.80. The largest absolute Gasteiger partial charge is 0.486 e. The molecule has 1 aromatic carbocycles. The van der Waals surface area contributed by atoms with Crippen LogP contribution in [0.5, 0.6) is 5.75 Å². The molecule has 0 aromatic heterocycles. The van der Waals surface area contributed by atoms with E-state index in [9.17, 15) is 4.79 Å². The number of carboxylic acids is 1. The van der Waals surface area contributed by atoms with Crippen LogP contribution in [0.3, 0.4) is 0 Å². The number of hydrogen-bond acceptors (Lipinski definition) is 2. The van der Waals surface area contributed by atoms with E-state index in [0.29, 0.717) is 0 Å². The molecule has 1 aromatic rings. The van der Waals surface area contributed by atoms with Crippen molar-refractivity contribution in [1.29, 1.82) is 0 Å². The van der Waals surface area contributed by atoms with E-state index < -0.39 is 5.97 Å². The Hall–Kier alpha value is -2.03. The van der Waals surface area contributed by atoms with Crippen LogP contribution in [-0.4, -0.2) is 17.2 Å². The number of allylic oxidation sites excluding steroid dienone is 2. The average molecular weight is 286 g/mol. The van der Waals surface area contributed by atoms with Gasteiger partial charge in [0.05, 0.1) is 0 Å². The Morgan fingerprint density at radius 2 is 2.00 bits per heavy atom. The predicted octanol–water partition coefficient (Wildman–Crippen LogP) is 4.21. The summed E-state index contributed by atoms with van der Waals surface area (Å²) in [6.07, 6.45) is 4.86. The first-order chi connectivity index (χ1) is 9.90. The van der Waals surface area contributed by atoms with E-state index >= 15 is 0 Å². The molecule has 0 amide bonds. The number of rotatable bonds is 4. The van der Waals surface area contributed by atoms with Gasteiger partial charge in [0.25, 0.3) is 0 Å². The van der Waals surface area contributed by atoms with Crippen LogP contribution in [0.4, 0.5) is 0 Å². The maximum atomic E-state index is 10.8. The Balaban J connectivity index is 2.28. The van der Waals surface area contributed by atoms with E-state index in [1.165, 1.54) is 6.08 Å². The number of benzene rings is 1. The third-order valence-corrected chi connectivity index (χ3v) is 4.08. The summed E-state index contributed by atoms with van der Waals surface area (Å²) in [5.41, 5.74) is 2.16. The number of hydrogen-bond donors (Lipinski definition) is 1. The summed E-state index contributed by atoms with van der Waals surface area (Å²) >= 11 is 0. The Labute approximate surface area is 125 Å². The van der Waals surface area contributed by atoms with Crippen molar-refractivity contribution in [2.24, 2.45) is 5.41 Å². The first-order valence-electron chi connectivity index (χ1n) is 7.24. The zero-order valence-corrected chi connectivity index (χ0v) is 12.8. The molecule has 0 saturated carbocycles. The van der Waals surface area contributed by atoms with Gasteiger partial charge in [0.15, 0.2) is 0 Å². The zero-order chi connectivity index (χ0) is 15.5. The van der Waals surface area contributed by atoms with Crippen molar-refractivity contribution in [3.8, 4) is 5.75 Å². The van der Waals surface area contributed by atoms with Crippen LogP contribution in [0.2, 0.25) is 0 Å². The molecule has 1 atom stereocenters. The molecule has 0 radical (unpaired) electrons. The van der Waals surface area contributed by atoms with E-state index in [1.807, 2.05) is 37.3 Å². The number of para-hydroxylation sites is 1. The van der Waals surface area contributed by atoms with Crippen LogP contribution in [0.1, 0.15) is 33.6 Å². The molecule has 0 aliphatic heterocycles. The SMILES string of the molecule is CC1=C(C=CC(=O)O)C(C)(C)CCC1Oc1ccccc1. The Kier molecular flexibility index (Phi) is 4.51. The van der Waals surface area contributed by atoms with E-state index in [1.54, 1.807) is 6.08 Å². The van der Waals surface area contributed by atoms with Gasteiger partial charge in [0.1, 0.15) is 11.9 Å². The lowest BCUT2D eigenvalue weighted by atomic mass is 9.71. The van der Waals surface area contributed by atoms with Gasteiger partial charge in [0.2, 0.25) is 0 Å². The topological polar surface area (TPSA) is 46.5 Å². The van der Waals surface area contributed by atoms with Gasteiger partial charge >= 0.3 is 5.97 Å². The molecule has 21 heavy (non-hydrogen) atoms. The second kappa shape index (κ2) is 6.17. The summed E-state index contributed by atoms with van der Waals surface area (Å²) in [7, 11) is 0. The highest BCUT2D eigenvalue weighted by Crippen LogP contribution is 2.42. The lowest BCUT2D eigenvalue weighted by Gasteiger charge is -2.37. The molecule has 0 fully saturated rings. The minimum Gasteiger partial charge on any atom is -0.486 e. The van der Waals surface area contributed by atoms with Gasteiger partial charge in [-0.2, -0.15) is 0 Å². The lowest BCUT2D eigenvalue weighted by Crippen LogP contribution is -2.31. The fourth-order valence-electron chi connectivity index (χ4n) is 2.87. The van der Waals surface area contributed by atoms with E-state index in [-0.39, 0.29) is 11.5 Å². The van der Waals surface area contributed by atoms with Crippen molar-refractivity contribution in [3.05, 3.63) is 53.6 Å². The molecule has 2 rings (SSSR count). The molecule has 1 aliphatic carbocycles. The van der Waals surface area contributed by atoms with E-state index in [2.05, 4.69) is 13.8 Å². The fraction of sp³-hybridized carbons (Fsp3) is 0.389. The van der Waals surface area contributed by atoms with Gasteiger partial charge in [-0.25, -0.2) is 4.79 Å². The first kappa shape index (κ1) is 15.4. The highest BCUT2D eigenvalue weighted by Gasteiger charge is 2.32. The summed E-state index contributed by atoms with van der Waals surface area (Å²) in [5.74, 6) is -0.0691. The standard InChI is InChI=1S/C18H22O3/c1-13-15(9-10-17(19)20)18(2,3)12-11-16(13)21-14-7-5-4-6-8-14/h4-10,16H,11-12H2,1-3H3,(H,19,20). The van der Waals surface area contributed by atoms with Crippen molar-refractivity contribution in [1.82, 2.24) is 0 Å². The van der Waals surface area contributed by atoms with Crippen LogP contribution < -0.4 is 4.74 Å². The molecule has 0 bridgehead atoms.